The van der Waals surface area contributed by atoms with Crippen molar-refractivity contribution >= 4 is 5.91 Å². The number of benzene rings is 1. The fourth-order valence-electron chi connectivity index (χ4n) is 5.29. The Bertz CT molecular complexity index is 947. The van der Waals surface area contributed by atoms with E-state index in [4.69, 9.17) is 14.2 Å². The van der Waals surface area contributed by atoms with Gasteiger partial charge in [-0.3, -0.25) is 9.69 Å². The van der Waals surface area contributed by atoms with E-state index in [0.717, 1.165) is 69.6 Å². The summed E-state index contributed by atoms with van der Waals surface area (Å²) in [7, 11) is 1.68. The van der Waals surface area contributed by atoms with Gasteiger partial charge in [0.25, 0.3) is 0 Å². The molecule has 3 fully saturated rings. The third kappa shape index (κ3) is 5.08. The molecule has 4 heterocycles. The molecule has 1 aromatic heterocycles. The van der Waals surface area contributed by atoms with Crippen molar-refractivity contribution in [1.29, 1.82) is 0 Å². The van der Waals surface area contributed by atoms with E-state index < -0.39 is 0 Å². The van der Waals surface area contributed by atoms with Gasteiger partial charge in [0.15, 0.2) is 0 Å². The summed E-state index contributed by atoms with van der Waals surface area (Å²) in [5.74, 6) is 0.826. The standard InChI is InChI=1S/C25H34N4O4/c1-31-22-6-3-2-5-21(22)29-18-19(15-27-29)17-28-12-10-25(11-13-28)9-8-20(33-25)16-26-24(30)23-7-4-14-32-23/h2-3,5-6,15,18,20,23H,4,7-14,16-17H2,1H3,(H,26,30)/t20-,23-/m1/s1. The van der Waals surface area contributed by atoms with Gasteiger partial charge in [-0.05, 0) is 50.7 Å². The second-order valence-electron chi connectivity index (χ2n) is 9.45. The van der Waals surface area contributed by atoms with Crippen LogP contribution in [-0.2, 0) is 20.8 Å². The molecule has 0 aliphatic carbocycles. The number of piperidine rings is 1. The second-order valence-corrected chi connectivity index (χ2v) is 9.45. The first kappa shape index (κ1) is 22.4. The molecule has 0 radical (unpaired) electrons. The highest BCUT2D eigenvalue weighted by Gasteiger charge is 2.42. The molecule has 0 saturated carbocycles. The van der Waals surface area contributed by atoms with Crippen LogP contribution in [0.5, 0.6) is 5.75 Å². The van der Waals surface area contributed by atoms with Crippen LogP contribution in [0.1, 0.15) is 44.1 Å². The molecule has 1 spiro atoms. The number of ether oxygens (including phenoxy) is 3. The lowest BCUT2D eigenvalue weighted by Crippen LogP contribution is -2.45. The van der Waals surface area contributed by atoms with Gasteiger partial charge in [0.05, 0.1) is 25.0 Å². The summed E-state index contributed by atoms with van der Waals surface area (Å²) < 4.78 is 19.3. The zero-order valence-electron chi connectivity index (χ0n) is 19.4. The normalized spacial score (nSPS) is 24.9. The molecule has 0 unspecified atom stereocenters. The first-order chi connectivity index (χ1) is 16.1. The number of methoxy groups -OCH3 is 1. The van der Waals surface area contributed by atoms with E-state index in [-0.39, 0.29) is 23.7 Å². The van der Waals surface area contributed by atoms with Gasteiger partial charge in [-0.25, -0.2) is 4.68 Å². The van der Waals surface area contributed by atoms with E-state index in [1.165, 1.54) is 5.56 Å². The summed E-state index contributed by atoms with van der Waals surface area (Å²) in [5.41, 5.74) is 2.11. The van der Waals surface area contributed by atoms with Crippen LogP contribution < -0.4 is 10.1 Å². The highest BCUT2D eigenvalue weighted by molar-refractivity contribution is 5.80. The SMILES string of the molecule is COc1ccccc1-n1cc(CN2CCC3(CC[C@H](CNC(=O)[C@H]4CCCO4)O3)CC2)cn1. The number of carbonyl (C=O) groups excluding carboxylic acids is 1. The summed E-state index contributed by atoms with van der Waals surface area (Å²) in [6.45, 7) is 4.18. The van der Waals surface area contributed by atoms with Crippen LogP contribution in [-0.4, -0.2) is 71.7 Å². The second kappa shape index (κ2) is 9.83. The molecule has 2 aromatic rings. The molecule has 33 heavy (non-hydrogen) atoms. The van der Waals surface area contributed by atoms with E-state index >= 15 is 0 Å². The van der Waals surface area contributed by atoms with Crippen molar-refractivity contribution in [2.24, 2.45) is 0 Å². The maximum atomic E-state index is 12.2. The summed E-state index contributed by atoms with van der Waals surface area (Å²) >= 11 is 0. The number of nitrogens with one attached hydrogen (secondary N) is 1. The van der Waals surface area contributed by atoms with Crippen LogP contribution in [0.2, 0.25) is 0 Å². The van der Waals surface area contributed by atoms with E-state index in [9.17, 15) is 4.79 Å². The number of amides is 1. The lowest BCUT2D eigenvalue weighted by molar-refractivity contribution is -0.131. The van der Waals surface area contributed by atoms with Crippen molar-refractivity contribution in [3.63, 3.8) is 0 Å². The van der Waals surface area contributed by atoms with Gasteiger partial charge < -0.3 is 19.5 Å². The molecule has 0 bridgehead atoms. The molecule has 1 amide bonds. The predicted octanol–water partition coefficient (Wildman–Crippen LogP) is 2.69. The minimum atomic E-state index is -0.268. The van der Waals surface area contributed by atoms with Crippen molar-refractivity contribution in [3.05, 3.63) is 42.2 Å². The molecular weight excluding hydrogens is 420 g/mol. The average Bonchev–Trinajstić information content (AvgIpc) is 3.61. The Morgan fingerprint density at radius 2 is 2.09 bits per heavy atom. The highest BCUT2D eigenvalue weighted by atomic mass is 16.5. The van der Waals surface area contributed by atoms with Gasteiger partial charge in [0.2, 0.25) is 5.91 Å². The van der Waals surface area contributed by atoms with Crippen molar-refractivity contribution in [3.8, 4) is 11.4 Å². The number of hydrogen-bond acceptors (Lipinski definition) is 6. The van der Waals surface area contributed by atoms with Gasteiger partial charge >= 0.3 is 0 Å². The zero-order chi connectivity index (χ0) is 22.7. The summed E-state index contributed by atoms with van der Waals surface area (Å²) in [6.07, 6.45) is 9.82. The summed E-state index contributed by atoms with van der Waals surface area (Å²) in [4.78, 5) is 14.7. The number of aromatic nitrogens is 2. The maximum absolute atomic E-state index is 12.2. The maximum Gasteiger partial charge on any atom is 0.249 e. The molecule has 3 aliphatic rings. The average molecular weight is 455 g/mol. The molecule has 1 aromatic carbocycles. The van der Waals surface area contributed by atoms with Crippen molar-refractivity contribution in [2.45, 2.75) is 62.9 Å². The Morgan fingerprint density at radius 1 is 1.24 bits per heavy atom. The van der Waals surface area contributed by atoms with Crippen LogP contribution >= 0.6 is 0 Å². The number of rotatable bonds is 7. The van der Waals surface area contributed by atoms with E-state index in [2.05, 4.69) is 21.5 Å². The largest absolute Gasteiger partial charge is 0.494 e. The molecule has 5 rings (SSSR count). The first-order valence-electron chi connectivity index (χ1n) is 12.1. The number of likely N-dealkylation sites (tertiary alicyclic amines) is 1. The van der Waals surface area contributed by atoms with Crippen LogP contribution in [0.3, 0.4) is 0 Å². The van der Waals surface area contributed by atoms with Gasteiger partial charge in [0.1, 0.15) is 17.5 Å². The Morgan fingerprint density at radius 3 is 2.88 bits per heavy atom. The molecule has 2 atom stereocenters. The quantitative estimate of drug-likeness (QED) is 0.693. The predicted molar refractivity (Wildman–Crippen MR) is 123 cm³/mol. The van der Waals surface area contributed by atoms with Crippen molar-refractivity contribution in [2.75, 3.05) is 33.4 Å². The van der Waals surface area contributed by atoms with Gasteiger partial charge in [-0.2, -0.15) is 5.10 Å². The van der Waals surface area contributed by atoms with Gasteiger partial charge in [-0.15, -0.1) is 0 Å². The highest BCUT2D eigenvalue weighted by Crippen LogP contribution is 2.39. The third-order valence-corrected chi connectivity index (χ3v) is 7.21. The van der Waals surface area contributed by atoms with Crippen LogP contribution in [0, 0.1) is 0 Å². The molecule has 178 valence electrons. The topological polar surface area (TPSA) is 77.9 Å². The smallest absolute Gasteiger partial charge is 0.249 e. The van der Waals surface area contributed by atoms with Crippen molar-refractivity contribution in [1.82, 2.24) is 20.0 Å². The lowest BCUT2D eigenvalue weighted by Gasteiger charge is -2.39. The molecule has 3 aliphatic heterocycles. The number of hydrogen-bond donors (Lipinski definition) is 1. The fraction of sp³-hybridized carbons (Fsp3) is 0.600. The van der Waals surface area contributed by atoms with E-state index in [1.54, 1.807) is 7.11 Å². The van der Waals surface area contributed by atoms with E-state index in [1.807, 2.05) is 35.1 Å². The Hall–Kier alpha value is -2.42. The number of nitrogens with zero attached hydrogens (tertiary/aromatic N) is 3. The summed E-state index contributed by atoms with van der Waals surface area (Å²) in [5, 5.41) is 7.58. The molecular formula is C25H34N4O4. The zero-order valence-corrected chi connectivity index (χ0v) is 19.4. The monoisotopic (exact) mass is 454 g/mol. The molecule has 3 saturated heterocycles. The molecule has 1 N–H and O–H groups in total. The van der Waals surface area contributed by atoms with Crippen LogP contribution in [0.4, 0.5) is 0 Å². The minimum absolute atomic E-state index is 0.0144. The molecule has 8 heteroatoms. The van der Waals surface area contributed by atoms with Gasteiger partial charge in [-0.1, -0.05) is 12.1 Å². The summed E-state index contributed by atoms with van der Waals surface area (Å²) in [6, 6.07) is 7.91. The van der Waals surface area contributed by atoms with Crippen molar-refractivity contribution < 1.29 is 19.0 Å². The number of carbonyl (C=O) groups is 1. The van der Waals surface area contributed by atoms with E-state index in [0.29, 0.717) is 13.2 Å². The first-order valence-corrected chi connectivity index (χ1v) is 12.1. The number of para-hydroxylation sites is 2. The lowest BCUT2D eigenvalue weighted by atomic mass is 9.88. The minimum Gasteiger partial charge on any atom is -0.494 e. The fourth-order valence-corrected chi connectivity index (χ4v) is 5.29. The van der Waals surface area contributed by atoms with Crippen LogP contribution in [0.15, 0.2) is 36.7 Å². The van der Waals surface area contributed by atoms with Gasteiger partial charge in [0, 0.05) is 44.5 Å². The third-order valence-electron chi connectivity index (χ3n) is 7.21. The Labute approximate surface area is 195 Å². The van der Waals surface area contributed by atoms with Crippen LogP contribution in [0.25, 0.3) is 5.69 Å². The Balaban J connectivity index is 1.09. The Kier molecular flexibility index (Phi) is 6.66. The molecule has 8 nitrogen and oxygen atoms in total.